The van der Waals surface area contributed by atoms with E-state index in [9.17, 15) is 8.42 Å². The normalized spacial score (nSPS) is 11.3. The summed E-state index contributed by atoms with van der Waals surface area (Å²) in [6.07, 6.45) is 1.66. The van der Waals surface area contributed by atoms with E-state index < -0.39 is 10.0 Å². The number of para-hydroxylation sites is 2. The maximum absolute atomic E-state index is 12.9. The molecule has 146 valence electrons. The standard InChI is InChI=1S/C21H18N4O3S/c1-15-7-6-9-17(13-15)29(26,27)25-20-21(28-14-16-8-4-5-12-22-16)24-19-11-3-2-10-18(19)23-20/h2-13H,14H2,1H3,(H,23,25). The molecule has 0 aliphatic carbocycles. The molecule has 2 aromatic carbocycles. The molecule has 8 heteroatoms. The van der Waals surface area contributed by atoms with Crippen molar-refractivity contribution in [3.8, 4) is 5.88 Å². The van der Waals surface area contributed by atoms with Gasteiger partial charge in [0.15, 0.2) is 0 Å². The predicted octanol–water partition coefficient (Wildman–Crippen LogP) is 3.71. The van der Waals surface area contributed by atoms with Gasteiger partial charge < -0.3 is 4.74 Å². The molecule has 0 atom stereocenters. The first-order valence-electron chi connectivity index (χ1n) is 8.90. The number of fused-ring (bicyclic) bond motifs is 1. The lowest BCUT2D eigenvalue weighted by molar-refractivity contribution is 0.291. The molecule has 2 heterocycles. The molecule has 0 amide bonds. The van der Waals surface area contributed by atoms with Gasteiger partial charge in [-0.25, -0.2) is 18.4 Å². The number of sulfonamides is 1. The van der Waals surface area contributed by atoms with Gasteiger partial charge in [-0.2, -0.15) is 0 Å². The van der Waals surface area contributed by atoms with Gasteiger partial charge in [0.2, 0.25) is 5.82 Å². The van der Waals surface area contributed by atoms with Crippen molar-refractivity contribution in [2.75, 3.05) is 4.72 Å². The zero-order valence-corrected chi connectivity index (χ0v) is 16.4. The number of hydrogen-bond acceptors (Lipinski definition) is 6. The second-order valence-corrected chi connectivity index (χ2v) is 8.08. The van der Waals surface area contributed by atoms with Crippen molar-refractivity contribution in [3.63, 3.8) is 0 Å². The molecule has 0 radical (unpaired) electrons. The summed E-state index contributed by atoms with van der Waals surface area (Å²) in [5, 5.41) is 0. The molecule has 0 bridgehead atoms. The van der Waals surface area contributed by atoms with E-state index in [1.165, 1.54) is 6.07 Å². The topological polar surface area (TPSA) is 94.1 Å². The van der Waals surface area contributed by atoms with Gasteiger partial charge in [0, 0.05) is 6.20 Å². The van der Waals surface area contributed by atoms with E-state index in [4.69, 9.17) is 4.74 Å². The molecule has 0 fully saturated rings. The summed E-state index contributed by atoms with van der Waals surface area (Å²) in [6, 6.07) is 19.3. The Balaban J connectivity index is 1.71. The molecule has 1 N–H and O–H groups in total. The lowest BCUT2D eigenvalue weighted by atomic mass is 10.2. The SMILES string of the molecule is Cc1cccc(S(=O)(=O)Nc2nc3ccccc3nc2OCc2ccccn2)c1. The van der Waals surface area contributed by atoms with Crippen molar-refractivity contribution in [2.24, 2.45) is 0 Å². The van der Waals surface area contributed by atoms with Crippen molar-refractivity contribution in [3.05, 3.63) is 84.2 Å². The molecule has 0 spiro atoms. The van der Waals surface area contributed by atoms with Crippen LogP contribution in [0.5, 0.6) is 5.88 Å². The van der Waals surface area contributed by atoms with Crippen molar-refractivity contribution in [1.29, 1.82) is 0 Å². The number of hydrogen-bond donors (Lipinski definition) is 1. The number of nitrogens with one attached hydrogen (secondary N) is 1. The Labute approximate surface area is 168 Å². The van der Waals surface area contributed by atoms with Crippen molar-refractivity contribution in [2.45, 2.75) is 18.4 Å². The Morgan fingerprint density at radius 2 is 1.69 bits per heavy atom. The third-order valence-corrected chi connectivity index (χ3v) is 5.49. The number of benzene rings is 2. The average molecular weight is 406 g/mol. The number of aromatic nitrogens is 3. The number of aryl methyl sites for hydroxylation is 1. The highest BCUT2D eigenvalue weighted by molar-refractivity contribution is 7.92. The second-order valence-electron chi connectivity index (χ2n) is 6.40. The van der Waals surface area contributed by atoms with Crippen LogP contribution in [0.2, 0.25) is 0 Å². The Morgan fingerprint density at radius 3 is 2.41 bits per heavy atom. The van der Waals surface area contributed by atoms with E-state index in [1.807, 2.05) is 37.3 Å². The lowest BCUT2D eigenvalue weighted by Gasteiger charge is -2.13. The minimum Gasteiger partial charge on any atom is -0.469 e. The maximum Gasteiger partial charge on any atom is 0.263 e. The molecular weight excluding hydrogens is 388 g/mol. The predicted molar refractivity (Wildman–Crippen MR) is 110 cm³/mol. The van der Waals surface area contributed by atoms with Gasteiger partial charge in [0.25, 0.3) is 15.9 Å². The van der Waals surface area contributed by atoms with Crippen LogP contribution in [-0.2, 0) is 16.6 Å². The first kappa shape index (κ1) is 18.8. The third-order valence-electron chi connectivity index (χ3n) is 4.15. The second kappa shape index (κ2) is 7.84. The summed E-state index contributed by atoms with van der Waals surface area (Å²) in [6.45, 7) is 1.96. The summed E-state index contributed by atoms with van der Waals surface area (Å²) in [5.41, 5.74) is 2.68. The molecule has 2 aromatic heterocycles. The van der Waals surface area contributed by atoms with E-state index in [0.717, 1.165) is 5.56 Å². The van der Waals surface area contributed by atoms with E-state index in [2.05, 4.69) is 19.7 Å². The maximum atomic E-state index is 12.9. The molecule has 4 rings (SSSR count). The van der Waals surface area contributed by atoms with Gasteiger partial charge in [-0.3, -0.25) is 9.71 Å². The molecular formula is C21H18N4O3S. The molecule has 0 saturated carbocycles. The summed E-state index contributed by atoms with van der Waals surface area (Å²) in [4.78, 5) is 13.2. The number of pyridine rings is 1. The Morgan fingerprint density at radius 1 is 0.931 bits per heavy atom. The largest absolute Gasteiger partial charge is 0.469 e. The van der Waals surface area contributed by atoms with Gasteiger partial charge in [-0.05, 0) is 48.9 Å². The summed E-state index contributed by atoms with van der Waals surface area (Å²) < 4.78 is 34.0. The molecule has 0 saturated heterocycles. The summed E-state index contributed by atoms with van der Waals surface area (Å²) >= 11 is 0. The Kier molecular flexibility index (Phi) is 5.09. The molecule has 29 heavy (non-hydrogen) atoms. The fraction of sp³-hybridized carbons (Fsp3) is 0.0952. The van der Waals surface area contributed by atoms with E-state index in [1.54, 1.807) is 36.5 Å². The Bertz CT molecular complexity index is 1260. The van der Waals surface area contributed by atoms with Crippen LogP contribution in [0.3, 0.4) is 0 Å². The van der Waals surface area contributed by atoms with E-state index in [0.29, 0.717) is 16.7 Å². The van der Waals surface area contributed by atoms with Gasteiger partial charge in [0.05, 0.1) is 21.6 Å². The van der Waals surface area contributed by atoms with Crippen LogP contribution in [0.4, 0.5) is 5.82 Å². The highest BCUT2D eigenvalue weighted by Crippen LogP contribution is 2.27. The van der Waals surface area contributed by atoms with Crippen LogP contribution < -0.4 is 9.46 Å². The fourth-order valence-corrected chi connectivity index (χ4v) is 3.85. The van der Waals surface area contributed by atoms with Crippen molar-refractivity contribution in [1.82, 2.24) is 15.0 Å². The third kappa shape index (κ3) is 4.33. The molecule has 0 unspecified atom stereocenters. The van der Waals surface area contributed by atoms with Crippen LogP contribution in [0, 0.1) is 6.92 Å². The smallest absolute Gasteiger partial charge is 0.263 e. The molecule has 4 aromatic rings. The van der Waals surface area contributed by atoms with E-state index >= 15 is 0 Å². The minimum atomic E-state index is -3.86. The lowest BCUT2D eigenvalue weighted by Crippen LogP contribution is -2.16. The number of nitrogens with zero attached hydrogens (tertiary/aromatic N) is 3. The number of ether oxygens (including phenoxy) is 1. The average Bonchev–Trinajstić information content (AvgIpc) is 2.73. The first-order valence-corrected chi connectivity index (χ1v) is 10.4. The first-order chi connectivity index (χ1) is 14.0. The highest BCUT2D eigenvalue weighted by Gasteiger charge is 2.20. The Hall–Kier alpha value is -3.52. The van der Waals surface area contributed by atoms with Gasteiger partial charge in [-0.15, -0.1) is 0 Å². The number of rotatable bonds is 6. The summed E-state index contributed by atoms with van der Waals surface area (Å²) in [5.74, 6) is 0.117. The molecule has 7 nitrogen and oxygen atoms in total. The summed E-state index contributed by atoms with van der Waals surface area (Å²) in [7, 11) is -3.86. The van der Waals surface area contributed by atoms with Gasteiger partial charge in [-0.1, -0.05) is 30.3 Å². The minimum absolute atomic E-state index is 0.0288. The van der Waals surface area contributed by atoms with Gasteiger partial charge >= 0.3 is 0 Å². The van der Waals surface area contributed by atoms with Gasteiger partial charge in [0.1, 0.15) is 6.61 Å². The molecule has 0 aliphatic rings. The van der Waals surface area contributed by atoms with Crippen LogP contribution >= 0.6 is 0 Å². The van der Waals surface area contributed by atoms with Crippen molar-refractivity contribution < 1.29 is 13.2 Å². The number of anilines is 1. The van der Waals surface area contributed by atoms with Crippen LogP contribution in [0.25, 0.3) is 11.0 Å². The van der Waals surface area contributed by atoms with Crippen LogP contribution in [0.15, 0.2) is 77.8 Å². The highest BCUT2D eigenvalue weighted by atomic mass is 32.2. The van der Waals surface area contributed by atoms with E-state index in [-0.39, 0.29) is 23.2 Å². The quantitative estimate of drug-likeness (QED) is 0.525. The van der Waals surface area contributed by atoms with Crippen LogP contribution in [0.1, 0.15) is 11.3 Å². The van der Waals surface area contributed by atoms with Crippen LogP contribution in [-0.4, -0.2) is 23.4 Å². The van der Waals surface area contributed by atoms with Crippen molar-refractivity contribution >= 4 is 26.9 Å². The fourth-order valence-electron chi connectivity index (χ4n) is 2.75. The monoisotopic (exact) mass is 406 g/mol. The molecule has 0 aliphatic heterocycles. The zero-order valence-electron chi connectivity index (χ0n) is 15.6. The zero-order chi connectivity index (χ0) is 20.3.